The van der Waals surface area contributed by atoms with Crippen LogP contribution in [0, 0.1) is 0 Å². The van der Waals surface area contributed by atoms with Crippen LogP contribution in [0.5, 0.6) is 0 Å². The molecule has 3 nitrogen and oxygen atoms in total. The highest BCUT2D eigenvalue weighted by Crippen LogP contribution is 2.25. The lowest BCUT2D eigenvalue weighted by molar-refractivity contribution is -0.138. The first kappa shape index (κ1) is 11.5. The molecular formula is C9H7F3NO2. The van der Waals surface area contributed by atoms with Crippen LogP contribution < -0.4 is 5.56 Å². The van der Waals surface area contributed by atoms with Gasteiger partial charge in [-0.3, -0.25) is 9.59 Å². The first-order chi connectivity index (χ1) is 6.96. The molecule has 0 saturated heterocycles. The lowest BCUT2D eigenvalue weighted by Crippen LogP contribution is -2.28. The number of alkyl halides is 3. The molecule has 1 radical (unpaired) electrons. The number of halogens is 3. The van der Waals surface area contributed by atoms with E-state index in [1.807, 2.05) is 0 Å². The van der Waals surface area contributed by atoms with E-state index in [9.17, 15) is 22.8 Å². The van der Waals surface area contributed by atoms with Gasteiger partial charge in [0.15, 0.2) is 6.29 Å². The normalized spacial score (nSPS) is 11.4. The largest absolute Gasteiger partial charge is 0.421 e. The topological polar surface area (TPSA) is 39.1 Å². The van der Waals surface area contributed by atoms with Gasteiger partial charge in [0.1, 0.15) is 5.56 Å². The third kappa shape index (κ3) is 2.68. The molecule has 0 aromatic carbocycles. The molecule has 0 spiro atoms. The fourth-order valence-corrected chi connectivity index (χ4v) is 1.09. The molecule has 0 bridgehead atoms. The fraction of sp³-hybridized carbons (Fsp3) is 0.333. The number of aryl methyl sites for hydroxylation is 1. The Hall–Kier alpha value is -1.59. The van der Waals surface area contributed by atoms with Gasteiger partial charge in [0.25, 0.3) is 5.56 Å². The van der Waals surface area contributed by atoms with Gasteiger partial charge in [-0.2, -0.15) is 13.2 Å². The quantitative estimate of drug-likeness (QED) is 0.768. The van der Waals surface area contributed by atoms with Crippen LogP contribution >= 0.6 is 0 Å². The predicted molar refractivity (Wildman–Crippen MR) is 46.0 cm³/mol. The first-order valence-corrected chi connectivity index (χ1v) is 4.08. The van der Waals surface area contributed by atoms with E-state index in [2.05, 4.69) is 0 Å². The Morgan fingerprint density at radius 3 is 2.60 bits per heavy atom. The molecule has 0 unspecified atom stereocenters. The second-order valence-corrected chi connectivity index (χ2v) is 2.81. The summed E-state index contributed by atoms with van der Waals surface area (Å²) in [6, 6.07) is 1.83. The summed E-state index contributed by atoms with van der Waals surface area (Å²) in [5.74, 6) is 0. The Morgan fingerprint density at radius 1 is 1.40 bits per heavy atom. The summed E-state index contributed by atoms with van der Waals surface area (Å²) in [6.07, 6.45) is -2.06. The van der Waals surface area contributed by atoms with Crippen molar-refractivity contribution < 1.29 is 18.0 Å². The summed E-state index contributed by atoms with van der Waals surface area (Å²) in [7, 11) is 0. The minimum Gasteiger partial charge on any atom is -0.315 e. The SMILES string of the molecule is O=[C]CCn1cccc(C(F)(F)F)c1=O. The van der Waals surface area contributed by atoms with Crippen molar-refractivity contribution >= 4 is 6.29 Å². The van der Waals surface area contributed by atoms with Gasteiger partial charge in [0, 0.05) is 19.2 Å². The van der Waals surface area contributed by atoms with Crippen molar-refractivity contribution in [3.63, 3.8) is 0 Å². The van der Waals surface area contributed by atoms with Crippen LogP contribution in [0.2, 0.25) is 0 Å². The zero-order chi connectivity index (χ0) is 11.5. The lowest BCUT2D eigenvalue weighted by atomic mass is 10.2. The number of hydrogen-bond acceptors (Lipinski definition) is 2. The van der Waals surface area contributed by atoms with Crippen LogP contribution in [0.1, 0.15) is 12.0 Å². The Labute approximate surface area is 83.1 Å². The first-order valence-electron chi connectivity index (χ1n) is 4.08. The van der Waals surface area contributed by atoms with Crippen LogP contribution in [-0.2, 0) is 17.5 Å². The molecule has 0 atom stereocenters. The van der Waals surface area contributed by atoms with Gasteiger partial charge < -0.3 is 4.57 Å². The third-order valence-corrected chi connectivity index (χ3v) is 1.78. The van der Waals surface area contributed by atoms with Gasteiger partial charge in [-0.1, -0.05) is 0 Å². The second kappa shape index (κ2) is 4.29. The molecule has 0 amide bonds. The van der Waals surface area contributed by atoms with E-state index >= 15 is 0 Å². The Kier molecular flexibility index (Phi) is 3.28. The predicted octanol–water partition coefficient (Wildman–Crippen LogP) is 1.37. The molecule has 0 N–H and O–H groups in total. The van der Waals surface area contributed by atoms with Gasteiger partial charge >= 0.3 is 6.18 Å². The van der Waals surface area contributed by atoms with Crippen molar-refractivity contribution in [1.29, 1.82) is 0 Å². The van der Waals surface area contributed by atoms with Gasteiger partial charge in [-0.15, -0.1) is 0 Å². The zero-order valence-corrected chi connectivity index (χ0v) is 7.54. The lowest BCUT2D eigenvalue weighted by Gasteiger charge is -2.08. The van der Waals surface area contributed by atoms with E-state index in [0.717, 1.165) is 10.6 Å². The maximum atomic E-state index is 12.3. The van der Waals surface area contributed by atoms with E-state index in [1.54, 1.807) is 0 Å². The molecule has 1 rings (SSSR count). The minimum absolute atomic E-state index is 0.0910. The summed E-state index contributed by atoms with van der Waals surface area (Å²) in [6.45, 7) is -0.0910. The molecular weight excluding hydrogens is 211 g/mol. The monoisotopic (exact) mass is 218 g/mol. The van der Waals surface area contributed by atoms with Crippen molar-refractivity contribution in [1.82, 2.24) is 4.57 Å². The molecule has 1 aromatic rings. The van der Waals surface area contributed by atoms with Gasteiger partial charge in [-0.25, -0.2) is 0 Å². The molecule has 1 aromatic heterocycles. The Morgan fingerprint density at radius 2 is 2.07 bits per heavy atom. The van der Waals surface area contributed by atoms with Crippen molar-refractivity contribution in [2.24, 2.45) is 0 Å². The molecule has 81 valence electrons. The summed E-state index contributed by atoms with van der Waals surface area (Å²) >= 11 is 0. The molecule has 15 heavy (non-hydrogen) atoms. The second-order valence-electron chi connectivity index (χ2n) is 2.81. The number of aromatic nitrogens is 1. The number of hydrogen-bond donors (Lipinski definition) is 0. The highest BCUT2D eigenvalue weighted by molar-refractivity contribution is 5.50. The van der Waals surface area contributed by atoms with Crippen molar-refractivity contribution in [2.45, 2.75) is 19.1 Å². The maximum Gasteiger partial charge on any atom is 0.421 e. The summed E-state index contributed by atoms with van der Waals surface area (Å²) < 4.78 is 37.6. The van der Waals surface area contributed by atoms with Crippen LogP contribution in [0.3, 0.4) is 0 Å². The highest BCUT2D eigenvalue weighted by Gasteiger charge is 2.34. The average Bonchev–Trinajstić information content (AvgIpc) is 2.14. The number of rotatable bonds is 3. The van der Waals surface area contributed by atoms with E-state index in [4.69, 9.17) is 0 Å². The van der Waals surface area contributed by atoms with E-state index in [0.29, 0.717) is 6.07 Å². The van der Waals surface area contributed by atoms with Crippen molar-refractivity contribution in [2.75, 3.05) is 0 Å². The van der Waals surface area contributed by atoms with Crippen LogP contribution in [0.25, 0.3) is 0 Å². The van der Waals surface area contributed by atoms with Crippen LogP contribution in [0.15, 0.2) is 23.1 Å². The van der Waals surface area contributed by atoms with Gasteiger partial charge in [0.2, 0.25) is 0 Å². The Balaban J connectivity index is 3.12. The van der Waals surface area contributed by atoms with E-state index in [-0.39, 0.29) is 13.0 Å². The van der Waals surface area contributed by atoms with Crippen LogP contribution in [0.4, 0.5) is 13.2 Å². The summed E-state index contributed by atoms with van der Waals surface area (Å²) in [5.41, 5.74) is -2.36. The summed E-state index contributed by atoms with van der Waals surface area (Å²) in [5, 5.41) is 0. The van der Waals surface area contributed by atoms with Crippen LogP contribution in [-0.4, -0.2) is 10.9 Å². The number of pyridine rings is 1. The third-order valence-electron chi connectivity index (χ3n) is 1.78. The standard InChI is InChI=1S/C9H7F3NO2/c10-9(11,12)7-3-1-4-13(8(7)15)5-2-6-14/h1,3-4H,2,5H2. The molecule has 0 aliphatic rings. The molecule has 0 aliphatic carbocycles. The zero-order valence-electron chi connectivity index (χ0n) is 7.54. The van der Waals surface area contributed by atoms with Crippen molar-refractivity contribution in [3.8, 4) is 0 Å². The Bertz CT molecular complexity index is 409. The smallest absolute Gasteiger partial charge is 0.315 e. The molecule has 0 aliphatic heterocycles. The van der Waals surface area contributed by atoms with Gasteiger partial charge in [-0.05, 0) is 12.1 Å². The maximum absolute atomic E-state index is 12.3. The minimum atomic E-state index is -4.66. The van der Waals surface area contributed by atoms with Gasteiger partial charge in [0.05, 0.1) is 0 Å². The molecule has 1 heterocycles. The fourth-order valence-electron chi connectivity index (χ4n) is 1.09. The average molecular weight is 218 g/mol. The summed E-state index contributed by atoms with van der Waals surface area (Å²) in [4.78, 5) is 21.1. The molecule has 0 fully saturated rings. The number of carbonyl (C=O) groups excluding carboxylic acids is 1. The van der Waals surface area contributed by atoms with E-state index < -0.39 is 17.3 Å². The number of nitrogens with zero attached hydrogens (tertiary/aromatic N) is 1. The highest BCUT2D eigenvalue weighted by atomic mass is 19.4. The van der Waals surface area contributed by atoms with E-state index in [1.165, 1.54) is 12.5 Å². The van der Waals surface area contributed by atoms with Crippen molar-refractivity contribution in [3.05, 3.63) is 34.2 Å². The molecule has 6 heteroatoms. The molecule has 0 saturated carbocycles.